The summed E-state index contributed by atoms with van der Waals surface area (Å²) < 4.78 is 5.63. The van der Waals surface area contributed by atoms with Gasteiger partial charge in [-0.2, -0.15) is 0 Å². The van der Waals surface area contributed by atoms with Crippen LogP contribution in [-0.4, -0.2) is 7.11 Å². The molecule has 1 nitrogen and oxygen atoms in total. The summed E-state index contributed by atoms with van der Waals surface area (Å²) in [5, 5.41) is 0. The summed E-state index contributed by atoms with van der Waals surface area (Å²) in [5.74, 6) is 0.837. The molecule has 1 heteroatoms. The Morgan fingerprint density at radius 2 is 0.525 bits per heavy atom. The van der Waals surface area contributed by atoms with Crippen LogP contribution < -0.4 is 4.74 Å². The van der Waals surface area contributed by atoms with E-state index in [1.165, 1.54) is 33.4 Å². The second kappa shape index (κ2) is 11.1. The van der Waals surface area contributed by atoms with Crippen LogP contribution >= 0.6 is 0 Å². The van der Waals surface area contributed by atoms with Gasteiger partial charge in [0.15, 0.2) is 0 Å². The van der Waals surface area contributed by atoms with E-state index in [-0.39, 0.29) is 0 Å². The zero-order valence-electron chi connectivity index (χ0n) is 22.7. The van der Waals surface area contributed by atoms with Crippen molar-refractivity contribution in [1.29, 1.82) is 0 Å². The number of methoxy groups -OCH3 is 1. The molecule has 0 saturated heterocycles. The van der Waals surface area contributed by atoms with Crippen molar-refractivity contribution in [2.45, 2.75) is 10.8 Å². The molecule has 0 unspecified atom stereocenters. The summed E-state index contributed by atoms with van der Waals surface area (Å²) in [6, 6.07) is 63.5. The van der Waals surface area contributed by atoms with E-state index in [1.807, 2.05) is 0 Å². The predicted molar refractivity (Wildman–Crippen MR) is 165 cm³/mol. The van der Waals surface area contributed by atoms with Gasteiger partial charge in [-0.1, -0.05) is 164 Å². The SMILES string of the molecule is COc1ccc(C(c2ccccc2)(c2ccccc2)C(c2ccccc2)(c2ccccc2)c2ccccc2)cc1. The van der Waals surface area contributed by atoms with Crippen LogP contribution in [0.3, 0.4) is 0 Å². The predicted octanol–water partition coefficient (Wildman–Crippen LogP) is 9.06. The molecular formula is C39H32O. The highest BCUT2D eigenvalue weighted by Crippen LogP contribution is 2.59. The monoisotopic (exact) mass is 516 g/mol. The Kier molecular flexibility index (Phi) is 7.04. The lowest BCUT2D eigenvalue weighted by molar-refractivity contribution is 0.408. The second-order valence-corrected chi connectivity index (χ2v) is 10.1. The molecule has 0 amide bonds. The minimum Gasteiger partial charge on any atom is -0.497 e. The molecule has 0 heterocycles. The molecule has 0 fully saturated rings. The highest BCUT2D eigenvalue weighted by atomic mass is 16.5. The summed E-state index contributed by atoms with van der Waals surface area (Å²) >= 11 is 0. The van der Waals surface area contributed by atoms with Crippen LogP contribution in [0.2, 0.25) is 0 Å². The molecule has 6 rings (SSSR count). The molecule has 0 aliphatic heterocycles. The van der Waals surface area contributed by atoms with Crippen molar-refractivity contribution in [2.24, 2.45) is 0 Å². The van der Waals surface area contributed by atoms with Crippen LogP contribution in [0.5, 0.6) is 5.75 Å². The Balaban J connectivity index is 1.92. The molecule has 0 aromatic heterocycles. The summed E-state index contributed by atoms with van der Waals surface area (Å²) in [6.07, 6.45) is 0. The maximum Gasteiger partial charge on any atom is 0.118 e. The van der Waals surface area contributed by atoms with Crippen molar-refractivity contribution in [3.8, 4) is 5.75 Å². The number of hydrogen-bond donors (Lipinski definition) is 0. The lowest BCUT2D eigenvalue weighted by Crippen LogP contribution is -2.52. The highest BCUT2D eigenvalue weighted by Gasteiger charge is 2.57. The van der Waals surface area contributed by atoms with E-state index in [9.17, 15) is 0 Å². The molecule has 0 N–H and O–H groups in total. The van der Waals surface area contributed by atoms with Gasteiger partial charge in [-0.15, -0.1) is 0 Å². The molecular weight excluding hydrogens is 484 g/mol. The second-order valence-electron chi connectivity index (χ2n) is 10.1. The van der Waals surface area contributed by atoms with Gasteiger partial charge < -0.3 is 4.74 Å². The van der Waals surface area contributed by atoms with Gasteiger partial charge in [0.1, 0.15) is 5.75 Å². The maximum absolute atomic E-state index is 5.63. The number of benzene rings is 6. The van der Waals surface area contributed by atoms with E-state index in [2.05, 4.69) is 176 Å². The molecule has 0 bridgehead atoms. The van der Waals surface area contributed by atoms with Crippen molar-refractivity contribution in [1.82, 2.24) is 0 Å². The minimum absolute atomic E-state index is 0.645. The van der Waals surface area contributed by atoms with Crippen LogP contribution in [0.1, 0.15) is 33.4 Å². The smallest absolute Gasteiger partial charge is 0.118 e. The summed E-state index contributed by atoms with van der Waals surface area (Å²) in [5.41, 5.74) is 5.95. The van der Waals surface area contributed by atoms with Gasteiger partial charge in [0, 0.05) is 0 Å². The Bertz CT molecular complexity index is 1490. The largest absolute Gasteiger partial charge is 0.497 e. The number of hydrogen-bond acceptors (Lipinski definition) is 1. The molecule has 0 saturated carbocycles. The van der Waals surface area contributed by atoms with Crippen molar-refractivity contribution in [3.05, 3.63) is 209 Å². The summed E-state index contributed by atoms with van der Waals surface area (Å²) in [7, 11) is 1.72. The van der Waals surface area contributed by atoms with Crippen LogP contribution in [0.4, 0.5) is 0 Å². The van der Waals surface area contributed by atoms with Crippen LogP contribution in [0.15, 0.2) is 176 Å². The zero-order chi connectivity index (χ0) is 27.3. The molecule has 0 atom stereocenters. The van der Waals surface area contributed by atoms with Gasteiger partial charge in [0.2, 0.25) is 0 Å². The third-order valence-electron chi connectivity index (χ3n) is 8.12. The Morgan fingerprint density at radius 1 is 0.300 bits per heavy atom. The zero-order valence-corrected chi connectivity index (χ0v) is 22.7. The quantitative estimate of drug-likeness (QED) is 0.183. The molecule has 0 radical (unpaired) electrons. The third kappa shape index (κ3) is 4.03. The molecule has 194 valence electrons. The highest BCUT2D eigenvalue weighted by molar-refractivity contribution is 5.67. The van der Waals surface area contributed by atoms with E-state index in [0.29, 0.717) is 0 Å². The van der Waals surface area contributed by atoms with Crippen molar-refractivity contribution in [3.63, 3.8) is 0 Å². The van der Waals surface area contributed by atoms with Crippen molar-refractivity contribution < 1.29 is 4.74 Å². The van der Waals surface area contributed by atoms with E-state index in [1.54, 1.807) is 7.11 Å². The van der Waals surface area contributed by atoms with Gasteiger partial charge >= 0.3 is 0 Å². The number of ether oxygens (including phenoxy) is 1. The van der Waals surface area contributed by atoms with Gasteiger partial charge in [-0.3, -0.25) is 0 Å². The van der Waals surface area contributed by atoms with E-state index >= 15 is 0 Å². The minimum atomic E-state index is -0.661. The van der Waals surface area contributed by atoms with Gasteiger partial charge in [0.25, 0.3) is 0 Å². The van der Waals surface area contributed by atoms with Crippen LogP contribution in [0.25, 0.3) is 0 Å². The first kappa shape index (κ1) is 25.4. The molecule has 0 aliphatic rings. The maximum atomic E-state index is 5.63. The first-order chi connectivity index (χ1) is 19.8. The normalized spacial score (nSPS) is 11.6. The third-order valence-corrected chi connectivity index (χ3v) is 8.12. The molecule has 0 spiro atoms. The lowest BCUT2D eigenvalue weighted by atomic mass is 9.47. The fourth-order valence-corrected chi connectivity index (χ4v) is 6.58. The fraction of sp³-hybridized carbons (Fsp3) is 0.0769. The molecule has 6 aromatic carbocycles. The van der Waals surface area contributed by atoms with Crippen molar-refractivity contribution in [2.75, 3.05) is 7.11 Å². The van der Waals surface area contributed by atoms with E-state index in [4.69, 9.17) is 4.74 Å². The first-order valence-corrected chi connectivity index (χ1v) is 13.7. The summed E-state index contributed by atoms with van der Waals surface area (Å²) in [6.45, 7) is 0. The van der Waals surface area contributed by atoms with E-state index < -0.39 is 10.8 Å². The fourth-order valence-electron chi connectivity index (χ4n) is 6.58. The first-order valence-electron chi connectivity index (χ1n) is 13.7. The Morgan fingerprint density at radius 3 is 0.750 bits per heavy atom. The van der Waals surface area contributed by atoms with Gasteiger partial charge in [-0.25, -0.2) is 0 Å². The van der Waals surface area contributed by atoms with Gasteiger partial charge in [0.05, 0.1) is 17.9 Å². The van der Waals surface area contributed by atoms with Gasteiger partial charge in [-0.05, 0) is 45.5 Å². The topological polar surface area (TPSA) is 9.23 Å². The molecule has 40 heavy (non-hydrogen) atoms. The average Bonchev–Trinajstić information content (AvgIpc) is 3.06. The Hall–Kier alpha value is -4.88. The Labute approximate surface area is 237 Å². The lowest BCUT2D eigenvalue weighted by Gasteiger charge is -2.53. The summed E-state index contributed by atoms with van der Waals surface area (Å²) in [4.78, 5) is 0. The standard InChI is InChI=1S/C39H32O/c1-40-37-29-27-36(28-30-37)39(34-23-13-5-14-24-34,35-25-15-6-16-26-35)38(31-17-7-2-8-18-31,32-19-9-3-10-20-32)33-21-11-4-12-22-33/h2-30H,1H3. The molecule has 0 aliphatic carbocycles. The number of rotatable bonds is 8. The van der Waals surface area contributed by atoms with Crippen molar-refractivity contribution >= 4 is 0 Å². The van der Waals surface area contributed by atoms with E-state index in [0.717, 1.165) is 5.75 Å². The van der Waals surface area contributed by atoms with Crippen LogP contribution in [-0.2, 0) is 10.8 Å². The molecule has 6 aromatic rings. The van der Waals surface area contributed by atoms with Crippen LogP contribution in [0, 0.1) is 0 Å². The average molecular weight is 517 g/mol.